The number of rotatable bonds is 5. The first-order valence-corrected chi connectivity index (χ1v) is 10.1. The van der Waals surface area contributed by atoms with E-state index >= 15 is 0 Å². The number of para-hydroxylation sites is 1. The van der Waals surface area contributed by atoms with Crippen LogP contribution >= 0.6 is 0 Å². The van der Waals surface area contributed by atoms with Gasteiger partial charge in [-0.1, -0.05) is 32.0 Å². The molecule has 25 heavy (non-hydrogen) atoms. The summed E-state index contributed by atoms with van der Waals surface area (Å²) in [5, 5.41) is 3.06. The number of hydrogen-bond acceptors (Lipinski definition) is 3. The van der Waals surface area contributed by atoms with Gasteiger partial charge in [-0.15, -0.1) is 0 Å². The number of hydrogen-bond donors (Lipinski definition) is 1. The minimum atomic E-state index is -3.48. The van der Waals surface area contributed by atoms with E-state index in [1.165, 1.54) is 22.7 Å². The number of carbonyl (C=O) groups is 1. The summed E-state index contributed by atoms with van der Waals surface area (Å²) in [5.74, 6) is -0.134. The molecule has 6 nitrogen and oxygen atoms in total. The van der Waals surface area contributed by atoms with Crippen LogP contribution in [0.3, 0.4) is 0 Å². The molecule has 1 fully saturated rings. The highest BCUT2D eigenvalue weighted by molar-refractivity contribution is 7.86. The van der Waals surface area contributed by atoms with E-state index in [2.05, 4.69) is 19.2 Å². The van der Waals surface area contributed by atoms with E-state index < -0.39 is 10.2 Å². The van der Waals surface area contributed by atoms with Crippen molar-refractivity contribution >= 4 is 21.8 Å². The Morgan fingerprint density at radius 3 is 2.60 bits per heavy atom. The Kier molecular flexibility index (Phi) is 6.24. The second-order valence-corrected chi connectivity index (χ2v) is 9.31. The van der Waals surface area contributed by atoms with Crippen molar-refractivity contribution in [3.63, 3.8) is 0 Å². The number of aryl methyl sites for hydroxylation is 1. The number of nitrogens with one attached hydrogen (secondary N) is 1. The molecule has 0 radical (unpaired) electrons. The summed E-state index contributed by atoms with van der Waals surface area (Å²) >= 11 is 0. The van der Waals surface area contributed by atoms with Crippen molar-refractivity contribution in [2.24, 2.45) is 5.92 Å². The lowest BCUT2D eigenvalue weighted by Crippen LogP contribution is -2.47. The lowest BCUT2D eigenvalue weighted by Gasteiger charge is -2.33. The molecule has 0 unspecified atom stereocenters. The topological polar surface area (TPSA) is 69.7 Å². The molecule has 0 bridgehead atoms. The number of amides is 1. The zero-order valence-corrected chi connectivity index (χ0v) is 16.6. The summed E-state index contributed by atoms with van der Waals surface area (Å²) in [7, 11) is -0.452. The van der Waals surface area contributed by atoms with Gasteiger partial charge in [0.15, 0.2) is 0 Å². The van der Waals surface area contributed by atoms with Gasteiger partial charge >= 0.3 is 0 Å². The third kappa shape index (κ3) is 4.40. The second kappa shape index (κ2) is 7.85. The van der Waals surface area contributed by atoms with Crippen molar-refractivity contribution in [2.75, 3.05) is 32.5 Å². The summed E-state index contributed by atoms with van der Waals surface area (Å²) in [6.45, 7) is 6.86. The molecule has 1 aliphatic rings. The van der Waals surface area contributed by atoms with Crippen molar-refractivity contribution in [2.45, 2.75) is 39.5 Å². The van der Waals surface area contributed by atoms with E-state index in [1.807, 2.05) is 25.1 Å². The van der Waals surface area contributed by atoms with Crippen LogP contribution in [0, 0.1) is 12.8 Å². The minimum absolute atomic E-state index is 0.102. The van der Waals surface area contributed by atoms with Gasteiger partial charge in [-0.25, -0.2) is 0 Å². The normalized spacial score (nSPS) is 19.4. The van der Waals surface area contributed by atoms with Gasteiger partial charge < -0.3 is 5.32 Å². The van der Waals surface area contributed by atoms with Crippen LogP contribution in [-0.2, 0) is 15.0 Å². The highest BCUT2D eigenvalue weighted by Gasteiger charge is 2.33. The molecule has 0 aromatic heterocycles. The van der Waals surface area contributed by atoms with Crippen molar-refractivity contribution in [3.8, 4) is 0 Å². The lowest BCUT2D eigenvalue weighted by molar-refractivity contribution is -0.120. The van der Waals surface area contributed by atoms with E-state index in [-0.39, 0.29) is 18.4 Å². The van der Waals surface area contributed by atoms with Gasteiger partial charge in [-0.3, -0.25) is 4.79 Å². The fraction of sp³-hybridized carbons (Fsp3) is 0.611. The van der Waals surface area contributed by atoms with E-state index in [0.717, 1.165) is 16.8 Å². The fourth-order valence-electron chi connectivity index (χ4n) is 3.16. The summed E-state index contributed by atoms with van der Waals surface area (Å²) in [6.07, 6.45) is 1.39. The predicted molar refractivity (Wildman–Crippen MR) is 101 cm³/mol. The molecule has 1 saturated heterocycles. The van der Waals surface area contributed by atoms with Gasteiger partial charge in [0.2, 0.25) is 5.91 Å². The van der Waals surface area contributed by atoms with Crippen molar-refractivity contribution in [3.05, 3.63) is 29.3 Å². The summed E-state index contributed by atoms with van der Waals surface area (Å²) in [4.78, 5) is 12.8. The molecule has 2 rings (SSSR count). The zero-order chi connectivity index (χ0) is 18.8. The molecule has 0 aliphatic carbocycles. The Balaban J connectivity index is 2.17. The summed E-state index contributed by atoms with van der Waals surface area (Å²) in [6, 6.07) is 5.99. The van der Waals surface area contributed by atoms with Crippen LogP contribution in [0.1, 0.15) is 43.7 Å². The van der Waals surface area contributed by atoms with Crippen LogP contribution in [0.15, 0.2) is 18.2 Å². The third-order valence-electron chi connectivity index (χ3n) is 4.72. The van der Waals surface area contributed by atoms with Crippen LogP contribution in [0.4, 0.5) is 5.69 Å². The molecule has 1 heterocycles. The fourth-order valence-corrected chi connectivity index (χ4v) is 4.35. The van der Waals surface area contributed by atoms with Gasteiger partial charge in [0.25, 0.3) is 10.2 Å². The molecular weight excluding hydrogens is 338 g/mol. The van der Waals surface area contributed by atoms with Crippen molar-refractivity contribution in [1.29, 1.82) is 0 Å². The van der Waals surface area contributed by atoms with Crippen LogP contribution < -0.4 is 5.32 Å². The first-order chi connectivity index (χ1) is 11.6. The number of piperidine rings is 1. The molecule has 1 N–H and O–H groups in total. The van der Waals surface area contributed by atoms with E-state index in [9.17, 15) is 13.2 Å². The molecule has 1 aromatic rings. The Morgan fingerprint density at radius 1 is 1.32 bits per heavy atom. The minimum Gasteiger partial charge on any atom is -0.325 e. The Labute approximate surface area is 151 Å². The number of nitrogens with zero attached hydrogens (tertiary/aromatic N) is 2. The third-order valence-corrected chi connectivity index (χ3v) is 6.62. The number of carbonyl (C=O) groups excluding carboxylic acids is 1. The monoisotopic (exact) mass is 367 g/mol. The predicted octanol–water partition coefficient (Wildman–Crippen LogP) is 2.58. The first kappa shape index (κ1) is 19.9. The molecule has 1 atom stereocenters. The molecule has 140 valence electrons. The highest BCUT2D eigenvalue weighted by atomic mass is 32.2. The molecule has 1 aliphatic heterocycles. The smallest absolute Gasteiger partial charge is 0.281 e. The van der Waals surface area contributed by atoms with Gasteiger partial charge in [-0.2, -0.15) is 17.0 Å². The van der Waals surface area contributed by atoms with E-state index in [0.29, 0.717) is 25.3 Å². The average molecular weight is 368 g/mol. The first-order valence-electron chi connectivity index (χ1n) is 8.72. The average Bonchev–Trinajstić information content (AvgIpc) is 2.56. The van der Waals surface area contributed by atoms with Gasteiger partial charge in [0.05, 0.1) is 5.92 Å². The maximum Gasteiger partial charge on any atom is 0.281 e. The molecule has 7 heteroatoms. The molecule has 0 saturated carbocycles. The van der Waals surface area contributed by atoms with Crippen molar-refractivity contribution < 1.29 is 13.2 Å². The molecule has 1 aromatic carbocycles. The Morgan fingerprint density at radius 2 is 2.00 bits per heavy atom. The number of anilines is 1. The maximum atomic E-state index is 12.8. The van der Waals surface area contributed by atoms with Crippen LogP contribution in [0.2, 0.25) is 0 Å². The standard InChI is InChI=1S/C18H29N3O3S/c1-13(2)16-10-6-8-14(3)17(16)19-18(22)15-9-7-11-21(12-15)25(23,24)20(4)5/h6,8,10,13,15H,7,9,11-12H2,1-5H3,(H,19,22)/t15-/m1/s1. The van der Waals surface area contributed by atoms with Crippen LogP contribution in [0.5, 0.6) is 0 Å². The molecule has 0 spiro atoms. The summed E-state index contributed by atoms with van der Waals surface area (Å²) < 4.78 is 27.3. The highest BCUT2D eigenvalue weighted by Crippen LogP contribution is 2.29. The SMILES string of the molecule is Cc1cccc(C(C)C)c1NC(=O)[C@@H]1CCCN(S(=O)(=O)N(C)C)C1. The van der Waals surface area contributed by atoms with E-state index in [1.54, 1.807) is 0 Å². The largest absolute Gasteiger partial charge is 0.325 e. The van der Waals surface area contributed by atoms with Crippen LogP contribution in [0.25, 0.3) is 0 Å². The van der Waals surface area contributed by atoms with Gasteiger partial charge in [0, 0.05) is 32.9 Å². The quantitative estimate of drug-likeness (QED) is 0.869. The zero-order valence-electron chi connectivity index (χ0n) is 15.7. The van der Waals surface area contributed by atoms with Crippen LogP contribution in [-0.4, -0.2) is 50.1 Å². The molecular formula is C18H29N3O3S. The lowest BCUT2D eigenvalue weighted by atomic mass is 9.95. The van der Waals surface area contributed by atoms with Crippen molar-refractivity contribution in [1.82, 2.24) is 8.61 Å². The second-order valence-electron chi connectivity index (χ2n) is 7.17. The molecule has 1 amide bonds. The maximum absolute atomic E-state index is 12.8. The Bertz CT molecular complexity index is 729. The summed E-state index contributed by atoms with van der Waals surface area (Å²) in [5.41, 5.74) is 2.98. The van der Waals surface area contributed by atoms with Gasteiger partial charge in [-0.05, 0) is 36.8 Å². The Hall–Kier alpha value is -1.44. The van der Waals surface area contributed by atoms with Gasteiger partial charge in [0.1, 0.15) is 0 Å². The van der Waals surface area contributed by atoms with E-state index in [4.69, 9.17) is 0 Å². The number of benzene rings is 1.